The van der Waals surface area contributed by atoms with Gasteiger partial charge in [0.2, 0.25) is 0 Å². The van der Waals surface area contributed by atoms with Crippen LogP contribution in [0.2, 0.25) is 0 Å². The number of rotatable bonds is 1. The molecular weight excluding hydrogens is 153 g/mol. The largest absolute Gasteiger partial charge is 0.269 e. The molecule has 3 radical (unpaired) electrons. The van der Waals surface area contributed by atoms with Gasteiger partial charge in [0, 0.05) is 20.5 Å². The fraction of sp³-hybridized carbons (Fsp3) is 0.250. The van der Waals surface area contributed by atoms with Gasteiger partial charge in [0.05, 0.1) is 4.92 Å². The lowest BCUT2D eigenvalue weighted by Crippen LogP contribution is -1.84. The van der Waals surface area contributed by atoms with Crippen molar-refractivity contribution in [3.8, 4) is 0 Å². The van der Waals surface area contributed by atoms with Crippen LogP contribution in [-0.4, -0.2) is 13.3 Å². The van der Waals surface area contributed by atoms with E-state index in [-0.39, 0.29) is 14.1 Å². The van der Waals surface area contributed by atoms with Crippen LogP contribution in [0, 0.1) is 10.1 Å². The Balaban J connectivity index is 0. The third-order valence-corrected chi connectivity index (χ3v) is 0.967. The summed E-state index contributed by atoms with van der Waals surface area (Å²) in [6, 6.07) is 7.93. The van der Waals surface area contributed by atoms with E-state index in [1.807, 2.05) is 13.8 Å². The van der Waals surface area contributed by atoms with Gasteiger partial charge in [-0.3, -0.25) is 10.1 Å². The van der Waals surface area contributed by atoms with E-state index >= 15 is 0 Å². The maximum absolute atomic E-state index is 10.0. The molecule has 0 unspecified atom stereocenters. The van der Waals surface area contributed by atoms with Gasteiger partial charge >= 0.3 is 0 Å². The second-order valence-electron chi connectivity index (χ2n) is 1.59. The summed E-state index contributed by atoms with van der Waals surface area (Å²) in [7, 11) is 0. The topological polar surface area (TPSA) is 43.1 Å². The molecule has 0 amide bonds. The molecule has 1 rings (SSSR count). The predicted octanol–water partition coefficient (Wildman–Crippen LogP) is 2.24. The molecule has 0 N–H and O–H groups in total. The van der Waals surface area contributed by atoms with Gasteiger partial charge in [-0.25, -0.2) is 0 Å². The number of hydrogen-bond acceptors (Lipinski definition) is 2. The first-order valence-corrected chi connectivity index (χ1v) is 3.50. The molecule has 0 fully saturated rings. The number of nitro groups is 1. The fourth-order valence-electron chi connectivity index (χ4n) is 0.550. The van der Waals surface area contributed by atoms with Gasteiger partial charge in [-0.2, -0.15) is 0 Å². The van der Waals surface area contributed by atoms with Crippen molar-refractivity contribution >= 4 is 14.1 Å². The highest BCUT2D eigenvalue weighted by Crippen LogP contribution is 2.06. The predicted molar refractivity (Wildman–Crippen MR) is 50.2 cm³/mol. The van der Waals surface area contributed by atoms with E-state index in [4.69, 9.17) is 0 Å². The van der Waals surface area contributed by atoms with Gasteiger partial charge in [-0.05, 0) is 0 Å². The zero-order valence-corrected chi connectivity index (χ0v) is 7.23. The van der Waals surface area contributed by atoms with Crippen LogP contribution in [0.4, 0.5) is 5.69 Å². The molecule has 0 heterocycles. The number of nitro benzene ring substituents is 1. The number of benzene rings is 1. The summed E-state index contributed by atoms with van der Waals surface area (Å²) in [6.45, 7) is 4.00. The number of para-hydroxylation sites is 1. The van der Waals surface area contributed by atoms with Crippen LogP contribution < -0.4 is 0 Å². The summed E-state index contributed by atoms with van der Waals surface area (Å²) >= 11 is 0. The number of nitrogens with zero attached hydrogens (tertiary/aromatic N) is 1. The molecule has 0 aliphatic rings. The van der Waals surface area contributed by atoms with Crippen molar-refractivity contribution in [1.82, 2.24) is 0 Å². The average molecular weight is 164 g/mol. The lowest BCUT2D eigenvalue weighted by molar-refractivity contribution is -0.384. The third-order valence-electron chi connectivity index (χ3n) is 0.967. The first-order chi connectivity index (χ1) is 5.30. The molecule has 0 spiro atoms. The minimum Gasteiger partial charge on any atom is -0.258 e. The van der Waals surface area contributed by atoms with E-state index in [0.29, 0.717) is 0 Å². The van der Waals surface area contributed by atoms with Gasteiger partial charge in [0.1, 0.15) is 0 Å². The van der Waals surface area contributed by atoms with Crippen molar-refractivity contribution < 1.29 is 4.92 Å². The van der Waals surface area contributed by atoms with Gasteiger partial charge in [-0.15, -0.1) is 0 Å². The average Bonchev–Trinajstić information content (AvgIpc) is 2.10. The summed E-state index contributed by atoms with van der Waals surface area (Å²) in [6.07, 6.45) is 0. The van der Waals surface area contributed by atoms with Crippen LogP contribution in [0.25, 0.3) is 0 Å². The Bertz CT molecular complexity index is 214. The Kier molecular flexibility index (Phi) is 8.62. The molecule has 63 valence electrons. The Hall–Kier alpha value is -1.32. The Morgan fingerprint density at radius 1 is 1.17 bits per heavy atom. The minimum absolute atomic E-state index is 0. The van der Waals surface area contributed by atoms with Crippen LogP contribution >= 0.6 is 0 Å². The van der Waals surface area contributed by atoms with Crippen molar-refractivity contribution in [3.63, 3.8) is 0 Å². The van der Waals surface area contributed by atoms with Gasteiger partial charge in [0.25, 0.3) is 5.69 Å². The van der Waals surface area contributed by atoms with Crippen molar-refractivity contribution in [2.75, 3.05) is 0 Å². The molecule has 1 aromatic carbocycles. The van der Waals surface area contributed by atoms with E-state index in [2.05, 4.69) is 0 Å². The molecule has 3 nitrogen and oxygen atoms in total. The Morgan fingerprint density at radius 2 is 1.58 bits per heavy atom. The van der Waals surface area contributed by atoms with Crippen LogP contribution in [-0.2, 0) is 0 Å². The first kappa shape index (κ1) is 13.3. The fourth-order valence-corrected chi connectivity index (χ4v) is 0.550. The highest BCUT2D eigenvalue weighted by atomic mass is 16.6. The summed E-state index contributed by atoms with van der Waals surface area (Å²) < 4.78 is 0. The van der Waals surface area contributed by atoms with Crippen LogP contribution in [0.3, 0.4) is 0 Å². The summed E-state index contributed by atoms with van der Waals surface area (Å²) in [4.78, 5) is 9.59. The standard InChI is InChI=1S/C6H5NO2.C2H6.B/c8-7(9)6-4-2-1-3-5-6;1-2;/h1-5H;1-2H3;. The molecule has 0 bridgehead atoms. The molecule has 1 aromatic rings. The lowest BCUT2D eigenvalue weighted by Gasteiger charge is -1.85. The third kappa shape index (κ3) is 4.49. The van der Waals surface area contributed by atoms with Crippen molar-refractivity contribution in [1.29, 1.82) is 0 Å². The number of non-ortho nitro benzene ring substituents is 1. The molecule has 12 heavy (non-hydrogen) atoms. The Morgan fingerprint density at radius 3 is 1.83 bits per heavy atom. The highest BCUT2D eigenvalue weighted by Gasteiger charge is 1.98. The minimum atomic E-state index is -0.417. The second kappa shape index (κ2) is 7.79. The maximum Gasteiger partial charge on any atom is 0.269 e. The lowest BCUT2D eigenvalue weighted by atomic mass is 10.3. The van der Waals surface area contributed by atoms with E-state index in [0.717, 1.165) is 0 Å². The van der Waals surface area contributed by atoms with E-state index < -0.39 is 4.92 Å². The number of hydrogen-bond donors (Lipinski definition) is 0. The SMILES string of the molecule is CC.O=[N+]([O-])c1ccccc1.[B]. The molecule has 4 heteroatoms. The molecular formula is C8H11BNO2. The van der Waals surface area contributed by atoms with E-state index in [9.17, 15) is 10.1 Å². The first-order valence-electron chi connectivity index (χ1n) is 3.50. The van der Waals surface area contributed by atoms with E-state index in [1.165, 1.54) is 12.1 Å². The van der Waals surface area contributed by atoms with Gasteiger partial charge < -0.3 is 0 Å². The zero-order valence-electron chi connectivity index (χ0n) is 7.23. The van der Waals surface area contributed by atoms with Crippen molar-refractivity contribution in [2.24, 2.45) is 0 Å². The summed E-state index contributed by atoms with van der Waals surface area (Å²) in [5.41, 5.74) is 0.137. The molecule has 0 aliphatic heterocycles. The highest BCUT2D eigenvalue weighted by molar-refractivity contribution is 5.75. The monoisotopic (exact) mass is 164 g/mol. The van der Waals surface area contributed by atoms with Gasteiger partial charge in [-0.1, -0.05) is 32.0 Å². The van der Waals surface area contributed by atoms with Crippen LogP contribution in [0.1, 0.15) is 13.8 Å². The second-order valence-corrected chi connectivity index (χ2v) is 1.59. The smallest absolute Gasteiger partial charge is 0.258 e. The molecule has 0 aromatic heterocycles. The normalized spacial score (nSPS) is 7.17. The maximum atomic E-state index is 10.0. The van der Waals surface area contributed by atoms with Crippen LogP contribution in [0.5, 0.6) is 0 Å². The zero-order chi connectivity index (χ0) is 8.69. The molecule has 0 atom stereocenters. The summed E-state index contributed by atoms with van der Waals surface area (Å²) in [5.74, 6) is 0. The van der Waals surface area contributed by atoms with E-state index in [1.54, 1.807) is 18.2 Å². The van der Waals surface area contributed by atoms with Gasteiger partial charge in [0.15, 0.2) is 0 Å². The van der Waals surface area contributed by atoms with Crippen LogP contribution in [0.15, 0.2) is 30.3 Å². The molecule has 0 saturated heterocycles. The molecule has 0 aliphatic carbocycles. The van der Waals surface area contributed by atoms with Crippen molar-refractivity contribution in [3.05, 3.63) is 40.4 Å². The Labute approximate surface area is 74.1 Å². The quantitative estimate of drug-likeness (QED) is 0.362. The van der Waals surface area contributed by atoms with Crippen molar-refractivity contribution in [2.45, 2.75) is 13.8 Å². The molecule has 0 saturated carbocycles. The summed E-state index contributed by atoms with van der Waals surface area (Å²) in [5, 5.41) is 10.0.